The van der Waals surface area contributed by atoms with Crippen molar-refractivity contribution in [2.75, 3.05) is 7.11 Å². The van der Waals surface area contributed by atoms with Gasteiger partial charge in [0.25, 0.3) is 0 Å². The normalized spacial score (nSPS) is 13.8. The number of nitrogens with two attached hydrogens (primary N) is 1. The van der Waals surface area contributed by atoms with Crippen molar-refractivity contribution >= 4 is 18.6 Å². The Bertz CT molecular complexity index is 447. The second-order valence-corrected chi connectivity index (χ2v) is 4.34. The summed E-state index contributed by atoms with van der Waals surface area (Å²) in [6, 6.07) is 4.50. The molecule has 18 heavy (non-hydrogen) atoms. The molecule has 1 rings (SSSR count). The summed E-state index contributed by atoms with van der Waals surface area (Å²) >= 11 is 0. The second-order valence-electron chi connectivity index (χ2n) is 4.34. The van der Waals surface area contributed by atoms with E-state index in [1.165, 1.54) is 26.2 Å². The minimum Gasteiger partial charge on any atom is -0.496 e. The molecule has 6 nitrogen and oxygen atoms in total. The lowest BCUT2D eigenvalue weighted by Crippen LogP contribution is -2.47. The van der Waals surface area contributed by atoms with Crippen LogP contribution in [0.4, 0.5) is 0 Å². The maximum atomic E-state index is 11.0. The molecular formula is C11H16BNO5. The third-order valence-electron chi connectivity index (χ3n) is 2.66. The molecule has 0 heterocycles. The fraction of sp³-hybridized carbons (Fsp3) is 0.364. The lowest BCUT2D eigenvalue weighted by atomic mass is 9.79. The summed E-state index contributed by atoms with van der Waals surface area (Å²) in [5.41, 5.74) is 5.11. The van der Waals surface area contributed by atoms with Gasteiger partial charge in [0.1, 0.15) is 11.3 Å². The van der Waals surface area contributed by atoms with Crippen LogP contribution >= 0.6 is 0 Å². The van der Waals surface area contributed by atoms with Crippen LogP contribution in [0, 0.1) is 0 Å². The van der Waals surface area contributed by atoms with E-state index in [-0.39, 0.29) is 11.9 Å². The first-order valence-electron chi connectivity index (χ1n) is 5.33. The number of carboxylic acid groups (broad SMARTS) is 1. The topological polar surface area (TPSA) is 113 Å². The molecule has 0 radical (unpaired) electrons. The van der Waals surface area contributed by atoms with Gasteiger partial charge in [0.15, 0.2) is 0 Å². The zero-order valence-corrected chi connectivity index (χ0v) is 10.3. The summed E-state index contributed by atoms with van der Waals surface area (Å²) in [4.78, 5) is 11.0. The van der Waals surface area contributed by atoms with Crippen molar-refractivity contribution < 1.29 is 24.7 Å². The molecule has 0 amide bonds. The molecule has 0 saturated carbocycles. The summed E-state index contributed by atoms with van der Waals surface area (Å²) in [7, 11) is -0.183. The number of aliphatic carboxylic acids is 1. The minimum atomic E-state index is -1.60. The van der Waals surface area contributed by atoms with Crippen molar-refractivity contribution in [2.24, 2.45) is 5.73 Å². The van der Waals surface area contributed by atoms with E-state index in [4.69, 9.17) is 25.6 Å². The molecule has 0 unspecified atom stereocenters. The molecule has 0 aromatic heterocycles. The molecule has 0 aliphatic heterocycles. The smallest absolute Gasteiger partial charge is 0.488 e. The Labute approximate surface area is 105 Å². The van der Waals surface area contributed by atoms with Crippen molar-refractivity contribution in [2.45, 2.75) is 18.9 Å². The van der Waals surface area contributed by atoms with Gasteiger partial charge in [-0.1, -0.05) is 12.1 Å². The molecule has 0 fully saturated rings. The SMILES string of the molecule is COc1cc(B(O)O)ccc1C[C@@](C)(N)C(=O)O. The van der Waals surface area contributed by atoms with Crippen LogP contribution in [0.2, 0.25) is 0 Å². The van der Waals surface area contributed by atoms with Gasteiger partial charge in [0.05, 0.1) is 7.11 Å². The number of carboxylic acids is 1. The molecule has 1 atom stereocenters. The van der Waals surface area contributed by atoms with Crippen molar-refractivity contribution in [1.82, 2.24) is 0 Å². The highest BCUT2D eigenvalue weighted by atomic mass is 16.5. The van der Waals surface area contributed by atoms with E-state index in [0.717, 1.165) is 0 Å². The Kier molecular flexibility index (Phi) is 4.34. The second kappa shape index (κ2) is 5.39. The van der Waals surface area contributed by atoms with Crippen molar-refractivity contribution in [3.8, 4) is 5.75 Å². The lowest BCUT2D eigenvalue weighted by Gasteiger charge is -2.20. The maximum absolute atomic E-state index is 11.0. The van der Waals surface area contributed by atoms with Crippen LogP contribution in [-0.2, 0) is 11.2 Å². The molecule has 0 saturated heterocycles. The predicted octanol–water partition coefficient (Wildman–Crippen LogP) is -1.28. The van der Waals surface area contributed by atoms with E-state index in [0.29, 0.717) is 11.3 Å². The van der Waals surface area contributed by atoms with Gasteiger partial charge in [0.2, 0.25) is 0 Å². The van der Waals surface area contributed by atoms with E-state index in [1.54, 1.807) is 6.07 Å². The first kappa shape index (κ1) is 14.5. The Hall–Kier alpha value is -1.57. The summed E-state index contributed by atoms with van der Waals surface area (Å²) in [6.07, 6.45) is 0.0767. The summed E-state index contributed by atoms with van der Waals surface area (Å²) < 4.78 is 5.09. The number of methoxy groups -OCH3 is 1. The van der Waals surface area contributed by atoms with Crippen molar-refractivity contribution in [1.29, 1.82) is 0 Å². The predicted molar refractivity (Wildman–Crippen MR) is 66.8 cm³/mol. The van der Waals surface area contributed by atoms with Crippen LogP contribution in [0.3, 0.4) is 0 Å². The molecule has 0 spiro atoms. The van der Waals surface area contributed by atoms with Crippen molar-refractivity contribution in [3.63, 3.8) is 0 Å². The zero-order chi connectivity index (χ0) is 13.9. The third-order valence-corrected chi connectivity index (χ3v) is 2.66. The van der Waals surface area contributed by atoms with Gasteiger partial charge in [-0.3, -0.25) is 4.79 Å². The van der Waals surface area contributed by atoms with Gasteiger partial charge in [-0.2, -0.15) is 0 Å². The Morgan fingerprint density at radius 1 is 1.50 bits per heavy atom. The fourth-order valence-electron chi connectivity index (χ4n) is 1.54. The summed E-state index contributed by atoms with van der Waals surface area (Å²) in [5, 5.41) is 27.0. The van der Waals surface area contributed by atoms with Gasteiger partial charge in [-0.15, -0.1) is 0 Å². The first-order valence-corrected chi connectivity index (χ1v) is 5.33. The number of hydrogen-bond donors (Lipinski definition) is 4. The molecular weight excluding hydrogens is 237 g/mol. The highest BCUT2D eigenvalue weighted by molar-refractivity contribution is 6.58. The number of ether oxygens (including phenoxy) is 1. The average molecular weight is 253 g/mol. The van der Waals surface area contributed by atoms with E-state index in [2.05, 4.69) is 0 Å². The lowest BCUT2D eigenvalue weighted by molar-refractivity contribution is -0.142. The number of benzene rings is 1. The van der Waals surface area contributed by atoms with Crippen molar-refractivity contribution in [3.05, 3.63) is 23.8 Å². The van der Waals surface area contributed by atoms with Crippen LogP contribution in [0.25, 0.3) is 0 Å². The largest absolute Gasteiger partial charge is 0.496 e. The van der Waals surface area contributed by atoms with Crippen LogP contribution in [0.1, 0.15) is 12.5 Å². The standard InChI is InChI=1S/C11H16BNO5/c1-11(13,10(14)15)6-7-3-4-8(12(16)17)5-9(7)18-2/h3-5,16-17H,6,13H2,1-2H3,(H,14,15)/t11-/m1/s1. The fourth-order valence-corrected chi connectivity index (χ4v) is 1.54. The Morgan fingerprint density at radius 2 is 2.11 bits per heavy atom. The van der Waals surface area contributed by atoms with Gasteiger partial charge < -0.3 is 25.6 Å². The highest BCUT2D eigenvalue weighted by Crippen LogP contribution is 2.21. The molecule has 5 N–H and O–H groups in total. The van der Waals surface area contributed by atoms with E-state index < -0.39 is 18.6 Å². The molecule has 7 heteroatoms. The summed E-state index contributed by atoms with van der Waals surface area (Å²) in [6.45, 7) is 1.41. The molecule has 0 aliphatic carbocycles. The van der Waals surface area contributed by atoms with Gasteiger partial charge in [-0.05, 0) is 24.0 Å². The highest BCUT2D eigenvalue weighted by Gasteiger charge is 2.29. The van der Waals surface area contributed by atoms with Gasteiger partial charge in [0, 0.05) is 6.42 Å². The number of rotatable bonds is 5. The third kappa shape index (κ3) is 3.22. The minimum absolute atomic E-state index is 0.0767. The average Bonchev–Trinajstić information content (AvgIpc) is 2.28. The molecule has 0 bridgehead atoms. The first-order chi connectivity index (χ1) is 8.27. The molecule has 0 aliphatic rings. The summed E-state index contributed by atoms with van der Waals surface area (Å²) in [5.74, 6) is -0.741. The van der Waals surface area contributed by atoms with E-state index in [1.807, 2.05) is 0 Å². The molecule has 1 aromatic carbocycles. The quantitative estimate of drug-likeness (QED) is 0.486. The van der Waals surface area contributed by atoms with Crippen LogP contribution in [-0.4, -0.2) is 40.9 Å². The van der Waals surface area contributed by atoms with Crippen LogP contribution < -0.4 is 15.9 Å². The number of hydrogen-bond acceptors (Lipinski definition) is 5. The Morgan fingerprint density at radius 3 is 2.56 bits per heavy atom. The van der Waals surface area contributed by atoms with Crippen LogP contribution in [0.5, 0.6) is 5.75 Å². The monoisotopic (exact) mass is 253 g/mol. The van der Waals surface area contributed by atoms with Crippen LogP contribution in [0.15, 0.2) is 18.2 Å². The van der Waals surface area contributed by atoms with E-state index in [9.17, 15) is 4.79 Å². The molecule has 98 valence electrons. The van der Waals surface area contributed by atoms with E-state index >= 15 is 0 Å². The maximum Gasteiger partial charge on any atom is 0.488 e. The number of carbonyl (C=O) groups is 1. The Balaban J connectivity index is 3.07. The van der Waals surface area contributed by atoms with Gasteiger partial charge in [-0.25, -0.2) is 0 Å². The zero-order valence-electron chi connectivity index (χ0n) is 10.3. The van der Waals surface area contributed by atoms with Gasteiger partial charge >= 0.3 is 13.1 Å². The molecule has 1 aromatic rings.